The number of benzene rings is 2. The summed E-state index contributed by atoms with van der Waals surface area (Å²) in [7, 11) is 3.65. The van der Waals surface area contributed by atoms with Gasteiger partial charge in [0.05, 0.1) is 13.2 Å². The van der Waals surface area contributed by atoms with Gasteiger partial charge < -0.3 is 24.3 Å². The van der Waals surface area contributed by atoms with Crippen molar-refractivity contribution in [2.45, 2.75) is 32.7 Å². The van der Waals surface area contributed by atoms with Gasteiger partial charge in [0.1, 0.15) is 17.2 Å². The van der Waals surface area contributed by atoms with Crippen molar-refractivity contribution in [1.29, 1.82) is 0 Å². The van der Waals surface area contributed by atoms with Crippen LogP contribution >= 0.6 is 0 Å². The number of likely N-dealkylation sites (N-methyl/N-ethyl adjacent to an activating group) is 1. The van der Waals surface area contributed by atoms with E-state index < -0.39 is 0 Å². The van der Waals surface area contributed by atoms with Gasteiger partial charge >= 0.3 is 0 Å². The molecule has 0 bridgehead atoms. The smallest absolute Gasteiger partial charge is 0.267 e. The van der Waals surface area contributed by atoms with Crippen LogP contribution in [-0.4, -0.2) is 54.1 Å². The van der Waals surface area contributed by atoms with Gasteiger partial charge in [0.15, 0.2) is 0 Å². The van der Waals surface area contributed by atoms with Crippen molar-refractivity contribution in [2.75, 3.05) is 26.8 Å². The van der Waals surface area contributed by atoms with Crippen molar-refractivity contribution < 1.29 is 19.1 Å². The Hall–Kier alpha value is -3.74. The number of aryl methyl sites for hydroxylation is 1. The van der Waals surface area contributed by atoms with Crippen LogP contribution in [0.1, 0.15) is 46.7 Å². The van der Waals surface area contributed by atoms with E-state index in [1.54, 1.807) is 33.7 Å². The molecule has 0 saturated heterocycles. The molecule has 0 aliphatic rings. The summed E-state index contributed by atoms with van der Waals surface area (Å²) in [5.74, 6) is 0.951. The number of carbonyl (C=O) groups is 2. The van der Waals surface area contributed by atoms with Crippen LogP contribution < -0.4 is 14.8 Å². The Kier molecular flexibility index (Phi) is 9.35. The van der Waals surface area contributed by atoms with Crippen molar-refractivity contribution in [3.8, 4) is 11.5 Å². The molecule has 0 spiro atoms. The molecule has 3 rings (SSSR count). The molecule has 0 unspecified atom stereocenters. The van der Waals surface area contributed by atoms with Crippen LogP contribution in [0.5, 0.6) is 11.5 Å². The standard InChI is InChI=1S/C28H35N3O4/c1-5-34-24-18-22(19-25(20-24)35-6-2)28(33)31(4)23(17-21-11-8-7-9-12-21)14-15-29-27(32)26-13-10-16-30(26)3/h7-13,16,18-20,23H,5-6,14-15,17H2,1-4H3,(H,29,32)/t23-/m1/s1. The highest BCUT2D eigenvalue weighted by Gasteiger charge is 2.23. The number of carbonyl (C=O) groups excluding carboxylic acids is 2. The molecule has 186 valence electrons. The number of aromatic nitrogens is 1. The van der Waals surface area contributed by atoms with Gasteiger partial charge in [-0.2, -0.15) is 0 Å². The molecule has 3 aromatic rings. The number of nitrogens with one attached hydrogen (secondary N) is 1. The van der Waals surface area contributed by atoms with E-state index in [0.29, 0.717) is 55.4 Å². The summed E-state index contributed by atoms with van der Waals surface area (Å²) in [6.45, 7) is 5.25. The van der Waals surface area contributed by atoms with Gasteiger partial charge in [-0.3, -0.25) is 9.59 Å². The average molecular weight is 478 g/mol. The lowest BCUT2D eigenvalue weighted by Crippen LogP contribution is -2.41. The minimum absolute atomic E-state index is 0.120. The summed E-state index contributed by atoms with van der Waals surface area (Å²) < 4.78 is 13.1. The Morgan fingerprint density at radius 2 is 1.63 bits per heavy atom. The summed E-state index contributed by atoms with van der Waals surface area (Å²) in [6, 6.07) is 18.9. The lowest BCUT2D eigenvalue weighted by molar-refractivity contribution is 0.0721. The molecule has 1 aromatic heterocycles. The van der Waals surface area contributed by atoms with E-state index >= 15 is 0 Å². The largest absolute Gasteiger partial charge is 0.494 e. The minimum atomic E-state index is -0.129. The lowest BCUT2D eigenvalue weighted by atomic mass is 10.0. The first kappa shape index (κ1) is 25.9. The van der Waals surface area contributed by atoms with Crippen molar-refractivity contribution in [3.05, 3.63) is 83.7 Å². The van der Waals surface area contributed by atoms with Crippen LogP contribution in [0.3, 0.4) is 0 Å². The van der Waals surface area contributed by atoms with Crippen LogP contribution in [-0.2, 0) is 13.5 Å². The molecule has 35 heavy (non-hydrogen) atoms. The Morgan fingerprint density at radius 1 is 0.971 bits per heavy atom. The number of rotatable bonds is 12. The van der Waals surface area contributed by atoms with Gasteiger partial charge in [0.25, 0.3) is 11.8 Å². The van der Waals surface area contributed by atoms with Crippen LogP contribution in [0.2, 0.25) is 0 Å². The second kappa shape index (κ2) is 12.6. The van der Waals surface area contributed by atoms with Crippen molar-refractivity contribution in [3.63, 3.8) is 0 Å². The number of amides is 2. The first-order chi connectivity index (χ1) is 16.9. The third-order valence-electron chi connectivity index (χ3n) is 5.87. The average Bonchev–Trinajstić information content (AvgIpc) is 3.29. The maximum absolute atomic E-state index is 13.5. The molecule has 0 aliphatic carbocycles. The molecule has 0 fully saturated rings. The zero-order chi connectivity index (χ0) is 25.2. The fourth-order valence-corrected chi connectivity index (χ4v) is 4.02. The summed E-state index contributed by atoms with van der Waals surface area (Å²) >= 11 is 0. The second-order valence-electron chi connectivity index (χ2n) is 8.37. The van der Waals surface area contributed by atoms with E-state index in [0.717, 1.165) is 5.56 Å². The predicted molar refractivity (Wildman–Crippen MR) is 137 cm³/mol. The molecule has 1 N–H and O–H groups in total. The van der Waals surface area contributed by atoms with Gasteiger partial charge in [-0.25, -0.2) is 0 Å². The molecule has 2 aromatic carbocycles. The van der Waals surface area contributed by atoms with E-state index in [9.17, 15) is 9.59 Å². The second-order valence-corrected chi connectivity index (χ2v) is 8.37. The van der Waals surface area contributed by atoms with Crippen molar-refractivity contribution >= 4 is 11.8 Å². The fraction of sp³-hybridized carbons (Fsp3) is 0.357. The quantitative estimate of drug-likeness (QED) is 0.422. The van der Waals surface area contributed by atoms with Crippen LogP contribution in [0.25, 0.3) is 0 Å². The van der Waals surface area contributed by atoms with E-state index in [-0.39, 0.29) is 17.9 Å². The Bertz CT molecular complexity index is 1090. The number of nitrogens with zero attached hydrogens (tertiary/aromatic N) is 2. The third-order valence-corrected chi connectivity index (χ3v) is 5.87. The molecule has 0 aliphatic heterocycles. The summed E-state index contributed by atoms with van der Waals surface area (Å²) in [4.78, 5) is 27.8. The fourth-order valence-electron chi connectivity index (χ4n) is 4.02. The van der Waals surface area contributed by atoms with Gasteiger partial charge in [0, 0.05) is 44.5 Å². The predicted octanol–water partition coefficient (Wildman–Crippen LogP) is 4.33. The molecule has 7 nitrogen and oxygen atoms in total. The molecule has 1 atom stereocenters. The van der Waals surface area contributed by atoms with Crippen LogP contribution in [0.15, 0.2) is 66.9 Å². The summed E-state index contributed by atoms with van der Waals surface area (Å²) in [5.41, 5.74) is 2.24. The zero-order valence-electron chi connectivity index (χ0n) is 21.0. The Labute approximate surface area is 207 Å². The van der Waals surface area contributed by atoms with Gasteiger partial charge in [0.2, 0.25) is 0 Å². The van der Waals surface area contributed by atoms with Crippen LogP contribution in [0.4, 0.5) is 0 Å². The van der Waals surface area contributed by atoms with Gasteiger partial charge in [-0.05, 0) is 56.5 Å². The van der Waals surface area contributed by atoms with Crippen LogP contribution in [0, 0.1) is 0 Å². The van der Waals surface area contributed by atoms with E-state index in [1.807, 2.05) is 58.4 Å². The molecular formula is C28H35N3O4. The SMILES string of the molecule is CCOc1cc(OCC)cc(C(=O)N(C)[C@H](CCNC(=O)c2cccn2C)Cc2ccccc2)c1. The molecular weight excluding hydrogens is 442 g/mol. The van der Waals surface area contributed by atoms with E-state index in [2.05, 4.69) is 17.4 Å². The molecule has 0 radical (unpaired) electrons. The Morgan fingerprint density at radius 3 is 2.20 bits per heavy atom. The Balaban J connectivity index is 1.77. The first-order valence-electron chi connectivity index (χ1n) is 12.0. The van der Waals surface area contributed by atoms with Gasteiger partial charge in [-0.1, -0.05) is 30.3 Å². The number of ether oxygens (including phenoxy) is 2. The summed E-state index contributed by atoms with van der Waals surface area (Å²) in [6.07, 6.45) is 3.12. The maximum Gasteiger partial charge on any atom is 0.267 e. The number of hydrogen-bond acceptors (Lipinski definition) is 4. The van der Waals surface area contributed by atoms with Crippen molar-refractivity contribution in [2.24, 2.45) is 7.05 Å². The zero-order valence-corrected chi connectivity index (χ0v) is 21.0. The molecule has 7 heteroatoms. The summed E-state index contributed by atoms with van der Waals surface area (Å²) in [5, 5.41) is 2.99. The van der Waals surface area contributed by atoms with Gasteiger partial charge in [-0.15, -0.1) is 0 Å². The highest BCUT2D eigenvalue weighted by molar-refractivity contribution is 5.95. The molecule has 1 heterocycles. The van der Waals surface area contributed by atoms with E-state index in [1.165, 1.54) is 0 Å². The molecule has 2 amide bonds. The highest BCUT2D eigenvalue weighted by atomic mass is 16.5. The number of hydrogen-bond donors (Lipinski definition) is 1. The first-order valence-corrected chi connectivity index (χ1v) is 12.0. The normalized spacial score (nSPS) is 11.5. The molecule has 0 saturated carbocycles. The van der Waals surface area contributed by atoms with Crippen molar-refractivity contribution in [1.82, 2.24) is 14.8 Å². The van der Waals surface area contributed by atoms with E-state index in [4.69, 9.17) is 9.47 Å². The minimum Gasteiger partial charge on any atom is -0.494 e. The lowest BCUT2D eigenvalue weighted by Gasteiger charge is -2.29. The highest BCUT2D eigenvalue weighted by Crippen LogP contribution is 2.25. The monoisotopic (exact) mass is 477 g/mol. The maximum atomic E-state index is 13.5. The topological polar surface area (TPSA) is 72.8 Å². The third kappa shape index (κ3) is 7.12.